The normalized spacial score (nSPS) is 20.8. The summed E-state index contributed by atoms with van der Waals surface area (Å²) in [7, 11) is 2.17. The first kappa shape index (κ1) is 15.2. The minimum atomic E-state index is 0.172. The van der Waals surface area contributed by atoms with Crippen LogP contribution < -0.4 is 9.91 Å². The first-order valence-corrected chi connectivity index (χ1v) is 9.05. The van der Waals surface area contributed by atoms with Gasteiger partial charge in [0.05, 0.1) is 17.3 Å². The highest BCUT2D eigenvalue weighted by Gasteiger charge is 2.47. The Hall–Kier alpha value is -3.07. The molecular formula is C23H21N3. The topological polar surface area (TPSA) is 18.8 Å². The molecule has 2 heterocycles. The second-order valence-corrected chi connectivity index (χ2v) is 7.09. The summed E-state index contributed by atoms with van der Waals surface area (Å²) in [6.45, 7) is 2.12. The zero-order valence-corrected chi connectivity index (χ0v) is 15.0. The Kier molecular flexibility index (Phi) is 3.35. The van der Waals surface area contributed by atoms with E-state index in [0.29, 0.717) is 0 Å². The summed E-state index contributed by atoms with van der Waals surface area (Å²) in [5.41, 5.74) is 7.41. The molecule has 0 spiro atoms. The zero-order valence-electron chi connectivity index (χ0n) is 15.0. The molecule has 3 heteroatoms. The maximum atomic E-state index is 5.10. The SMILES string of the molecule is Cc1ccc(C2=NN(c3ccccc3)[C@@H]3[C@H]2c2ccccc2N3C)cc1. The zero-order chi connectivity index (χ0) is 17.7. The van der Waals surface area contributed by atoms with Crippen LogP contribution in [0.1, 0.15) is 22.6 Å². The Labute approximate surface area is 154 Å². The van der Waals surface area contributed by atoms with Crippen LogP contribution in [0.15, 0.2) is 84.0 Å². The van der Waals surface area contributed by atoms with E-state index in [-0.39, 0.29) is 12.1 Å². The average molecular weight is 339 g/mol. The van der Waals surface area contributed by atoms with Crippen LogP contribution >= 0.6 is 0 Å². The third-order valence-corrected chi connectivity index (χ3v) is 5.48. The smallest absolute Gasteiger partial charge is 0.136 e. The van der Waals surface area contributed by atoms with Gasteiger partial charge in [0.15, 0.2) is 0 Å². The molecule has 0 fully saturated rings. The number of fused-ring (bicyclic) bond motifs is 3. The molecule has 0 N–H and O–H groups in total. The molecule has 5 rings (SSSR count). The molecule has 0 saturated heterocycles. The molecule has 0 radical (unpaired) electrons. The molecule has 128 valence electrons. The first-order valence-electron chi connectivity index (χ1n) is 9.05. The molecular weight excluding hydrogens is 318 g/mol. The van der Waals surface area contributed by atoms with Gasteiger partial charge in [0, 0.05) is 12.7 Å². The van der Waals surface area contributed by atoms with Gasteiger partial charge in [-0.05, 0) is 36.2 Å². The number of likely N-dealkylation sites (N-methyl/N-ethyl adjacent to an activating group) is 1. The highest BCUT2D eigenvalue weighted by atomic mass is 15.6. The lowest BCUT2D eigenvalue weighted by Gasteiger charge is -2.30. The van der Waals surface area contributed by atoms with Crippen molar-refractivity contribution in [2.45, 2.75) is 19.0 Å². The van der Waals surface area contributed by atoms with Crippen molar-refractivity contribution in [2.24, 2.45) is 5.10 Å². The molecule has 0 aliphatic carbocycles. The van der Waals surface area contributed by atoms with Crippen LogP contribution in [0, 0.1) is 6.92 Å². The van der Waals surface area contributed by atoms with Gasteiger partial charge in [-0.15, -0.1) is 0 Å². The lowest BCUT2D eigenvalue weighted by atomic mass is 9.90. The molecule has 0 aromatic heterocycles. The molecule has 3 aromatic carbocycles. The van der Waals surface area contributed by atoms with Gasteiger partial charge in [0.25, 0.3) is 0 Å². The van der Waals surface area contributed by atoms with Crippen molar-refractivity contribution in [3.8, 4) is 0 Å². The molecule has 0 bridgehead atoms. The lowest BCUT2D eigenvalue weighted by Crippen LogP contribution is -2.41. The number of hydrogen-bond donors (Lipinski definition) is 0. The van der Waals surface area contributed by atoms with E-state index >= 15 is 0 Å². The molecule has 0 amide bonds. The Morgan fingerprint density at radius 2 is 1.50 bits per heavy atom. The molecule has 3 aromatic rings. The quantitative estimate of drug-likeness (QED) is 0.669. The average Bonchev–Trinajstić information content (AvgIpc) is 3.21. The predicted octanol–water partition coefficient (Wildman–Crippen LogP) is 4.78. The summed E-state index contributed by atoms with van der Waals surface area (Å²) in [4.78, 5) is 2.36. The standard InChI is InChI=1S/C23H21N3/c1-16-12-14-17(15-13-16)22-21-19-10-6-7-11-20(19)25(2)23(21)26(24-22)18-8-4-3-5-9-18/h3-15,21,23H,1-2H3/t21-,23+/m0/s1. The predicted molar refractivity (Wildman–Crippen MR) is 108 cm³/mol. The van der Waals surface area contributed by atoms with Crippen LogP contribution in [0.4, 0.5) is 11.4 Å². The van der Waals surface area contributed by atoms with Gasteiger partial charge in [-0.1, -0.05) is 66.2 Å². The van der Waals surface area contributed by atoms with Gasteiger partial charge >= 0.3 is 0 Å². The van der Waals surface area contributed by atoms with E-state index in [4.69, 9.17) is 5.10 Å². The number of aryl methyl sites for hydroxylation is 1. The number of anilines is 2. The minimum absolute atomic E-state index is 0.172. The number of para-hydroxylation sites is 2. The summed E-state index contributed by atoms with van der Waals surface area (Å²) < 4.78 is 0. The summed E-state index contributed by atoms with van der Waals surface area (Å²) in [6, 6.07) is 27.9. The fourth-order valence-electron chi connectivity index (χ4n) is 4.18. The van der Waals surface area contributed by atoms with Crippen LogP contribution in [0.2, 0.25) is 0 Å². The van der Waals surface area contributed by atoms with Crippen LogP contribution in [0.25, 0.3) is 0 Å². The maximum absolute atomic E-state index is 5.10. The summed E-state index contributed by atoms with van der Waals surface area (Å²) in [5, 5.41) is 7.28. The van der Waals surface area contributed by atoms with Gasteiger partial charge in [0.1, 0.15) is 6.17 Å². The summed E-state index contributed by atoms with van der Waals surface area (Å²) in [6.07, 6.45) is 0.172. The van der Waals surface area contributed by atoms with Crippen LogP contribution in [-0.2, 0) is 0 Å². The van der Waals surface area contributed by atoms with E-state index in [2.05, 4.69) is 103 Å². The van der Waals surface area contributed by atoms with Crippen molar-refractivity contribution in [3.63, 3.8) is 0 Å². The third kappa shape index (κ3) is 2.17. The lowest BCUT2D eigenvalue weighted by molar-refractivity contribution is 0.634. The maximum Gasteiger partial charge on any atom is 0.136 e. The Bertz CT molecular complexity index is 976. The second-order valence-electron chi connectivity index (χ2n) is 7.09. The van der Waals surface area contributed by atoms with Crippen LogP contribution in [0.5, 0.6) is 0 Å². The molecule has 26 heavy (non-hydrogen) atoms. The Balaban J connectivity index is 1.69. The van der Waals surface area contributed by atoms with E-state index in [1.165, 1.54) is 22.4 Å². The van der Waals surface area contributed by atoms with E-state index in [9.17, 15) is 0 Å². The van der Waals surface area contributed by atoms with Crippen molar-refractivity contribution in [3.05, 3.63) is 95.6 Å². The third-order valence-electron chi connectivity index (χ3n) is 5.48. The van der Waals surface area contributed by atoms with Gasteiger partial charge in [0.2, 0.25) is 0 Å². The summed E-state index contributed by atoms with van der Waals surface area (Å²) in [5.74, 6) is 0.249. The number of benzene rings is 3. The summed E-state index contributed by atoms with van der Waals surface area (Å²) >= 11 is 0. The molecule has 2 aliphatic heterocycles. The molecule has 0 unspecified atom stereocenters. The number of nitrogens with zero attached hydrogens (tertiary/aromatic N) is 3. The molecule has 3 nitrogen and oxygen atoms in total. The van der Waals surface area contributed by atoms with Crippen molar-refractivity contribution < 1.29 is 0 Å². The van der Waals surface area contributed by atoms with Crippen molar-refractivity contribution in [1.29, 1.82) is 0 Å². The highest BCUT2D eigenvalue weighted by molar-refractivity contribution is 6.10. The number of hydrazone groups is 1. The second kappa shape index (κ2) is 5.73. The van der Waals surface area contributed by atoms with Crippen molar-refractivity contribution in [1.82, 2.24) is 0 Å². The highest BCUT2D eigenvalue weighted by Crippen LogP contribution is 2.47. The number of rotatable bonds is 2. The fourth-order valence-corrected chi connectivity index (χ4v) is 4.18. The van der Waals surface area contributed by atoms with Gasteiger partial charge < -0.3 is 4.90 Å². The van der Waals surface area contributed by atoms with Gasteiger partial charge in [-0.25, -0.2) is 5.01 Å². The molecule has 0 saturated carbocycles. The molecule has 2 aliphatic rings. The Morgan fingerprint density at radius 3 is 2.27 bits per heavy atom. The van der Waals surface area contributed by atoms with Crippen LogP contribution in [0.3, 0.4) is 0 Å². The fraction of sp³-hybridized carbons (Fsp3) is 0.174. The van der Waals surface area contributed by atoms with Gasteiger partial charge in [-0.2, -0.15) is 5.10 Å². The van der Waals surface area contributed by atoms with Crippen LogP contribution in [-0.4, -0.2) is 18.9 Å². The first-order chi connectivity index (χ1) is 12.7. The van der Waals surface area contributed by atoms with Gasteiger partial charge in [-0.3, -0.25) is 0 Å². The Morgan fingerprint density at radius 1 is 0.808 bits per heavy atom. The van der Waals surface area contributed by atoms with E-state index in [0.717, 1.165) is 11.4 Å². The molecule has 2 atom stereocenters. The van der Waals surface area contributed by atoms with E-state index in [1.807, 2.05) is 0 Å². The van der Waals surface area contributed by atoms with E-state index < -0.39 is 0 Å². The van der Waals surface area contributed by atoms with Crippen molar-refractivity contribution in [2.75, 3.05) is 17.0 Å². The minimum Gasteiger partial charge on any atom is -0.352 e. The largest absolute Gasteiger partial charge is 0.352 e. The van der Waals surface area contributed by atoms with Crippen molar-refractivity contribution >= 4 is 17.1 Å². The van der Waals surface area contributed by atoms with E-state index in [1.54, 1.807) is 0 Å². The number of hydrogen-bond acceptors (Lipinski definition) is 3. The monoisotopic (exact) mass is 339 g/mol.